The van der Waals surface area contributed by atoms with Crippen molar-refractivity contribution >= 4 is 29.3 Å². The minimum atomic E-state index is 0.530. The van der Waals surface area contributed by atoms with Crippen molar-refractivity contribution in [1.82, 2.24) is 19.9 Å². The molecule has 0 unspecified atom stereocenters. The molecule has 0 bridgehead atoms. The molecule has 0 atom stereocenters. The number of hydrogen-bond acceptors (Lipinski definition) is 4. The number of aromatic amines is 2. The van der Waals surface area contributed by atoms with Crippen LogP contribution in [0.15, 0.2) is 6.33 Å². The van der Waals surface area contributed by atoms with Crippen LogP contribution in [0.3, 0.4) is 0 Å². The standard InChI is InChI=1S/C7H9N5S/c1-2-8-7-11-5-4(6(13)12-7)9-3-10-5/h3H,2H2,1H3,(H3,8,9,10,11,12,13). The Kier molecular flexibility index (Phi) is 1.97. The lowest BCUT2D eigenvalue weighted by Crippen LogP contribution is -2.02. The molecule has 0 amide bonds. The quantitative estimate of drug-likeness (QED) is 0.634. The number of imidazole rings is 1. The van der Waals surface area contributed by atoms with Crippen LogP contribution in [0.4, 0.5) is 5.95 Å². The summed E-state index contributed by atoms with van der Waals surface area (Å²) in [5, 5.41) is 3.04. The average Bonchev–Trinajstić information content (AvgIpc) is 2.53. The van der Waals surface area contributed by atoms with E-state index < -0.39 is 0 Å². The zero-order chi connectivity index (χ0) is 9.26. The third-order valence-electron chi connectivity index (χ3n) is 1.65. The molecule has 13 heavy (non-hydrogen) atoms. The van der Waals surface area contributed by atoms with Gasteiger partial charge in [-0.1, -0.05) is 12.2 Å². The minimum Gasteiger partial charge on any atom is -0.356 e. The summed E-state index contributed by atoms with van der Waals surface area (Å²) in [4.78, 5) is 14.1. The zero-order valence-corrected chi connectivity index (χ0v) is 7.90. The first-order valence-electron chi connectivity index (χ1n) is 3.98. The van der Waals surface area contributed by atoms with E-state index in [1.165, 1.54) is 0 Å². The summed E-state index contributed by atoms with van der Waals surface area (Å²) in [5.41, 5.74) is 1.51. The van der Waals surface area contributed by atoms with Crippen LogP contribution in [0.2, 0.25) is 0 Å². The van der Waals surface area contributed by atoms with Gasteiger partial charge >= 0.3 is 0 Å². The van der Waals surface area contributed by atoms with E-state index in [0.29, 0.717) is 10.6 Å². The minimum absolute atomic E-state index is 0.530. The Morgan fingerprint density at radius 1 is 1.62 bits per heavy atom. The van der Waals surface area contributed by atoms with Gasteiger partial charge in [0.15, 0.2) is 10.3 Å². The molecule has 5 nitrogen and oxygen atoms in total. The first kappa shape index (κ1) is 8.18. The molecule has 2 aromatic rings. The third-order valence-corrected chi connectivity index (χ3v) is 1.94. The van der Waals surface area contributed by atoms with E-state index in [4.69, 9.17) is 12.2 Å². The number of nitrogens with zero attached hydrogens (tertiary/aromatic N) is 2. The van der Waals surface area contributed by atoms with E-state index in [1.807, 2.05) is 6.92 Å². The number of fused-ring (bicyclic) bond motifs is 1. The SMILES string of the molecule is CCNc1nc(=S)c2[nH]cnc2[nH]1. The van der Waals surface area contributed by atoms with Gasteiger partial charge in [-0.3, -0.25) is 0 Å². The van der Waals surface area contributed by atoms with Crippen molar-refractivity contribution in [3.8, 4) is 0 Å². The van der Waals surface area contributed by atoms with Gasteiger partial charge in [-0.15, -0.1) is 0 Å². The Morgan fingerprint density at radius 2 is 2.46 bits per heavy atom. The summed E-state index contributed by atoms with van der Waals surface area (Å²) >= 11 is 5.07. The molecule has 2 aromatic heterocycles. The smallest absolute Gasteiger partial charge is 0.203 e. The van der Waals surface area contributed by atoms with Crippen LogP contribution in [0, 0.1) is 4.64 Å². The molecule has 6 heteroatoms. The molecule has 0 saturated carbocycles. The molecule has 0 aliphatic heterocycles. The Bertz CT molecular complexity index is 471. The zero-order valence-electron chi connectivity index (χ0n) is 7.09. The number of hydrogen-bond donors (Lipinski definition) is 3. The van der Waals surface area contributed by atoms with Crippen molar-refractivity contribution in [1.29, 1.82) is 0 Å². The van der Waals surface area contributed by atoms with Gasteiger partial charge in [-0.2, -0.15) is 0 Å². The van der Waals surface area contributed by atoms with Crippen molar-refractivity contribution in [3.05, 3.63) is 11.0 Å². The maximum atomic E-state index is 5.07. The maximum Gasteiger partial charge on any atom is 0.203 e. The second-order valence-electron chi connectivity index (χ2n) is 2.55. The summed E-state index contributed by atoms with van der Waals surface area (Å²) < 4.78 is 0.530. The van der Waals surface area contributed by atoms with Gasteiger partial charge < -0.3 is 15.3 Å². The molecule has 0 aliphatic rings. The van der Waals surface area contributed by atoms with Crippen molar-refractivity contribution in [3.63, 3.8) is 0 Å². The highest BCUT2D eigenvalue weighted by Gasteiger charge is 2.01. The lowest BCUT2D eigenvalue weighted by Gasteiger charge is -2.00. The van der Waals surface area contributed by atoms with Crippen LogP contribution in [-0.4, -0.2) is 26.5 Å². The van der Waals surface area contributed by atoms with E-state index in [9.17, 15) is 0 Å². The van der Waals surface area contributed by atoms with Crippen molar-refractivity contribution in [2.45, 2.75) is 6.92 Å². The molecule has 3 N–H and O–H groups in total. The first-order valence-corrected chi connectivity index (χ1v) is 4.39. The molecule has 2 heterocycles. The van der Waals surface area contributed by atoms with Crippen LogP contribution >= 0.6 is 12.2 Å². The Hall–Kier alpha value is -1.43. The normalized spacial score (nSPS) is 10.5. The molecular weight excluding hydrogens is 186 g/mol. The topological polar surface area (TPSA) is 69.4 Å². The number of aromatic nitrogens is 4. The average molecular weight is 195 g/mol. The van der Waals surface area contributed by atoms with Crippen LogP contribution in [-0.2, 0) is 0 Å². The lowest BCUT2D eigenvalue weighted by atomic mass is 10.5. The number of rotatable bonds is 2. The van der Waals surface area contributed by atoms with E-state index in [0.717, 1.165) is 17.7 Å². The fourth-order valence-corrected chi connectivity index (χ4v) is 1.35. The molecule has 0 saturated heterocycles. The van der Waals surface area contributed by atoms with Crippen molar-refractivity contribution in [2.24, 2.45) is 0 Å². The van der Waals surface area contributed by atoms with E-state index in [1.54, 1.807) is 6.33 Å². The van der Waals surface area contributed by atoms with E-state index in [2.05, 4.69) is 25.3 Å². The van der Waals surface area contributed by atoms with Crippen LogP contribution < -0.4 is 5.32 Å². The molecule has 0 spiro atoms. The van der Waals surface area contributed by atoms with Crippen LogP contribution in [0.25, 0.3) is 11.2 Å². The van der Waals surface area contributed by atoms with E-state index >= 15 is 0 Å². The highest BCUT2D eigenvalue weighted by molar-refractivity contribution is 7.71. The summed E-state index contributed by atoms with van der Waals surface area (Å²) in [5.74, 6) is 0.659. The molecular formula is C7H9N5S. The van der Waals surface area contributed by atoms with Crippen LogP contribution in [0.5, 0.6) is 0 Å². The predicted octanol–water partition coefficient (Wildman–Crippen LogP) is 1.45. The van der Waals surface area contributed by atoms with E-state index in [-0.39, 0.29) is 0 Å². The Morgan fingerprint density at radius 3 is 3.23 bits per heavy atom. The number of nitrogens with one attached hydrogen (secondary N) is 3. The molecule has 0 aliphatic carbocycles. The van der Waals surface area contributed by atoms with Gasteiger partial charge in [0.05, 0.1) is 6.33 Å². The molecule has 2 rings (SSSR count). The Labute approximate surface area is 79.6 Å². The van der Waals surface area contributed by atoms with Crippen LogP contribution in [0.1, 0.15) is 6.92 Å². The highest BCUT2D eigenvalue weighted by atomic mass is 32.1. The van der Waals surface area contributed by atoms with Gasteiger partial charge in [-0.05, 0) is 6.92 Å². The van der Waals surface area contributed by atoms with Gasteiger partial charge in [-0.25, -0.2) is 9.97 Å². The van der Waals surface area contributed by atoms with Crippen molar-refractivity contribution in [2.75, 3.05) is 11.9 Å². The molecule has 68 valence electrons. The van der Waals surface area contributed by atoms with Crippen molar-refractivity contribution < 1.29 is 0 Å². The monoisotopic (exact) mass is 195 g/mol. The summed E-state index contributed by atoms with van der Waals surface area (Å²) in [6.07, 6.45) is 1.59. The fourth-order valence-electron chi connectivity index (χ4n) is 1.10. The summed E-state index contributed by atoms with van der Waals surface area (Å²) in [6.45, 7) is 2.79. The van der Waals surface area contributed by atoms with Gasteiger partial charge in [0.1, 0.15) is 5.52 Å². The van der Waals surface area contributed by atoms with Gasteiger partial charge in [0.25, 0.3) is 0 Å². The summed E-state index contributed by atoms with van der Waals surface area (Å²) in [6, 6.07) is 0. The lowest BCUT2D eigenvalue weighted by molar-refractivity contribution is 1.09. The number of H-pyrrole nitrogens is 2. The highest BCUT2D eigenvalue weighted by Crippen LogP contribution is 2.09. The Balaban J connectivity index is 2.63. The molecule has 0 aromatic carbocycles. The second kappa shape index (κ2) is 3.14. The second-order valence-corrected chi connectivity index (χ2v) is 2.93. The predicted molar refractivity (Wildman–Crippen MR) is 53.2 cm³/mol. The molecule has 0 radical (unpaired) electrons. The number of anilines is 1. The fraction of sp³-hybridized carbons (Fsp3) is 0.286. The first-order chi connectivity index (χ1) is 6.31. The molecule has 0 fully saturated rings. The van der Waals surface area contributed by atoms with Gasteiger partial charge in [0.2, 0.25) is 5.95 Å². The van der Waals surface area contributed by atoms with Gasteiger partial charge in [0, 0.05) is 6.54 Å². The summed E-state index contributed by atoms with van der Waals surface area (Å²) in [7, 11) is 0. The maximum absolute atomic E-state index is 5.07. The largest absolute Gasteiger partial charge is 0.356 e. The third kappa shape index (κ3) is 1.40.